The van der Waals surface area contributed by atoms with E-state index in [2.05, 4.69) is 57.5 Å². The van der Waals surface area contributed by atoms with E-state index >= 15 is 0 Å². The molecule has 0 fully saturated rings. The summed E-state index contributed by atoms with van der Waals surface area (Å²) in [6.07, 6.45) is 0. The van der Waals surface area contributed by atoms with Crippen LogP contribution in [0.4, 0.5) is 0 Å². The Balaban J connectivity index is -0.000000103. The molecule has 0 amide bonds. The monoisotopic (exact) mass is 516 g/mol. The Morgan fingerprint density at radius 1 is 0.857 bits per heavy atom. The van der Waals surface area contributed by atoms with Crippen LogP contribution in [0.25, 0.3) is 0 Å². The first-order valence-corrected chi connectivity index (χ1v) is 16.1. The van der Waals surface area contributed by atoms with Crippen LogP contribution in [-0.4, -0.2) is 40.0 Å². The van der Waals surface area contributed by atoms with Crippen molar-refractivity contribution in [1.29, 1.82) is 0 Å². The van der Waals surface area contributed by atoms with Crippen molar-refractivity contribution in [2.75, 3.05) is 40.0 Å². The molecule has 1 rings (SSSR count). The van der Waals surface area contributed by atoms with Gasteiger partial charge in [0.05, 0.1) is 0 Å². The van der Waals surface area contributed by atoms with Crippen LogP contribution < -0.4 is 0 Å². The zero-order chi connectivity index (χ0) is 17.7. The molecule has 0 heterocycles. The van der Waals surface area contributed by atoms with Crippen LogP contribution in [0.15, 0.2) is 30.3 Å². The van der Waals surface area contributed by atoms with Gasteiger partial charge in [-0.1, -0.05) is 0 Å². The molecule has 6 heteroatoms. The van der Waals surface area contributed by atoms with Crippen molar-refractivity contribution >= 4 is 25.3 Å². The minimum atomic E-state index is -0.767. The molecule has 0 atom stereocenters. The molecule has 0 aromatic heterocycles. The summed E-state index contributed by atoms with van der Waals surface area (Å²) in [7, 11) is 6.35. The SMILES string of the molecule is CP(C)C.CP(C)C.[C-]#[O+].[C-]#[O+].[Cl][W]#[C]c1ccccc1. The molecule has 0 aliphatic heterocycles. The molecule has 1 aromatic carbocycles. The van der Waals surface area contributed by atoms with Gasteiger partial charge >= 0.3 is 89.0 Å². The molecule has 0 saturated carbocycles. The Hall–Kier alpha value is 0.318. The first kappa shape index (κ1) is 29.3. The fraction of sp³-hybridized carbons (Fsp3) is 0.400. The van der Waals surface area contributed by atoms with Crippen LogP contribution in [0.5, 0.6) is 0 Å². The van der Waals surface area contributed by atoms with E-state index in [1.807, 2.05) is 30.3 Å². The second kappa shape index (κ2) is 28.5. The van der Waals surface area contributed by atoms with Gasteiger partial charge in [0.15, 0.2) is 0 Å². The fourth-order valence-electron chi connectivity index (χ4n) is 0.551. The average molecular weight is 517 g/mol. The quantitative estimate of drug-likeness (QED) is 0.268. The van der Waals surface area contributed by atoms with E-state index < -0.39 is 16.9 Å². The van der Waals surface area contributed by atoms with Crippen molar-refractivity contribution in [2.24, 2.45) is 0 Å². The van der Waals surface area contributed by atoms with Gasteiger partial charge < -0.3 is 0 Å². The van der Waals surface area contributed by atoms with Crippen molar-refractivity contribution in [3.63, 3.8) is 0 Å². The van der Waals surface area contributed by atoms with Crippen LogP contribution in [0.2, 0.25) is 0 Å². The Morgan fingerprint density at radius 2 is 1.14 bits per heavy atom. The van der Waals surface area contributed by atoms with Crippen LogP contribution in [0.3, 0.4) is 0 Å². The molecule has 21 heavy (non-hydrogen) atoms. The summed E-state index contributed by atoms with van der Waals surface area (Å²) in [6, 6.07) is 10.0. The van der Waals surface area contributed by atoms with E-state index in [0.29, 0.717) is 15.8 Å². The molecule has 0 spiro atoms. The van der Waals surface area contributed by atoms with E-state index in [4.69, 9.17) is 18.7 Å². The average Bonchev–Trinajstić information content (AvgIpc) is 2.44. The summed E-state index contributed by atoms with van der Waals surface area (Å²) in [5.41, 5.74) is 1.14. The molecular formula is C15H23ClO2P2W. The Kier molecular flexibility index (Phi) is 39.8. The van der Waals surface area contributed by atoms with E-state index in [-0.39, 0.29) is 0 Å². The van der Waals surface area contributed by atoms with Crippen LogP contribution in [0.1, 0.15) is 5.56 Å². The van der Waals surface area contributed by atoms with Crippen molar-refractivity contribution < 1.29 is 26.2 Å². The number of benzene rings is 1. The van der Waals surface area contributed by atoms with E-state index in [1.54, 1.807) is 0 Å². The normalized spacial score (nSPS) is 7.10. The predicted molar refractivity (Wildman–Crippen MR) is 92.5 cm³/mol. The van der Waals surface area contributed by atoms with E-state index in [9.17, 15) is 0 Å². The summed E-state index contributed by atoms with van der Waals surface area (Å²) in [5, 5.41) is 0. The molecule has 118 valence electrons. The first-order chi connectivity index (χ1) is 9.90. The van der Waals surface area contributed by atoms with Gasteiger partial charge in [0, 0.05) is 0 Å². The second-order valence-corrected chi connectivity index (χ2v) is 12.1. The summed E-state index contributed by atoms with van der Waals surface area (Å²) in [4.78, 5) is 0. The van der Waals surface area contributed by atoms with Crippen molar-refractivity contribution in [3.05, 3.63) is 49.2 Å². The molecule has 0 radical (unpaired) electrons. The van der Waals surface area contributed by atoms with Crippen LogP contribution >= 0.6 is 25.3 Å². The van der Waals surface area contributed by atoms with Gasteiger partial charge in [-0.05, 0) is 40.0 Å². The first-order valence-electron chi connectivity index (χ1n) is 5.61. The number of hydrogen-bond acceptors (Lipinski definition) is 0. The van der Waals surface area contributed by atoms with E-state index in [0.717, 1.165) is 5.56 Å². The van der Waals surface area contributed by atoms with Gasteiger partial charge in [0.1, 0.15) is 0 Å². The number of halogens is 1. The Labute approximate surface area is 144 Å². The summed E-state index contributed by atoms with van der Waals surface area (Å²) in [6.45, 7) is 22.4. The maximum absolute atomic E-state index is 7.50. The van der Waals surface area contributed by atoms with Crippen molar-refractivity contribution in [3.8, 4) is 4.20 Å². The minimum absolute atomic E-state index is 0.380. The van der Waals surface area contributed by atoms with Crippen LogP contribution in [0, 0.1) is 17.5 Å². The summed E-state index contributed by atoms with van der Waals surface area (Å²) < 4.78 is 18.1. The van der Waals surface area contributed by atoms with Gasteiger partial charge in [-0.2, -0.15) is 0 Å². The molecule has 0 unspecified atom stereocenters. The fourth-order valence-corrected chi connectivity index (χ4v) is 2.09. The molecule has 2 nitrogen and oxygen atoms in total. The molecule has 0 aliphatic carbocycles. The maximum atomic E-state index is 7.50. The topological polar surface area (TPSA) is 39.8 Å². The third-order valence-electron chi connectivity index (χ3n) is 0.930. The van der Waals surface area contributed by atoms with Crippen molar-refractivity contribution in [2.45, 2.75) is 0 Å². The zero-order valence-corrected chi connectivity index (χ0v) is 18.9. The second-order valence-electron chi connectivity index (χ2n) is 4.23. The number of rotatable bonds is 0. The zero-order valence-electron chi connectivity index (χ0n) is 13.4. The molecule has 0 aliphatic rings. The number of hydrogen-bond donors (Lipinski definition) is 0. The third kappa shape index (κ3) is 53.2. The molecule has 0 bridgehead atoms. The Morgan fingerprint density at radius 3 is 1.38 bits per heavy atom. The third-order valence-corrected chi connectivity index (χ3v) is 2.69. The van der Waals surface area contributed by atoms with Crippen molar-refractivity contribution in [1.82, 2.24) is 0 Å². The predicted octanol–water partition coefficient (Wildman–Crippen LogP) is 4.87. The molecular weight excluding hydrogens is 493 g/mol. The summed E-state index contributed by atoms with van der Waals surface area (Å²) in [5.74, 6) is 0. The van der Waals surface area contributed by atoms with Gasteiger partial charge in [-0.25, -0.2) is 0 Å². The molecule has 0 saturated heterocycles. The molecule has 1 aromatic rings. The summed E-state index contributed by atoms with van der Waals surface area (Å²) >= 11 is -0.767. The Bertz CT molecular complexity index is 378. The van der Waals surface area contributed by atoms with Gasteiger partial charge in [0.2, 0.25) is 0 Å². The van der Waals surface area contributed by atoms with Gasteiger partial charge in [-0.15, -0.1) is 15.8 Å². The molecule has 0 N–H and O–H groups in total. The van der Waals surface area contributed by atoms with Gasteiger partial charge in [0.25, 0.3) is 0 Å². The standard InChI is InChI=1S/C7H5.2C3H9P.2CO.ClH.W/c1-7-5-3-2-4-6-7;2*1-4(2)3;2*1-2;;/h2-6H;2*1-3H3;;;1H;/q;;;;;;+1/p-1. The van der Waals surface area contributed by atoms with Gasteiger partial charge in [-0.3, -0.25) is 0 Å². The van der Waals surface area contributed by atoms with E-state index in [1.165, 1.54) is 0 Å². The van der Waals surface area contributed by atoms with Crippen LogP contribution in [-0.2, 0) is 26.2 Å².